The fourth-order valence-corrected chi connectivity index (χ4v) is 3.44. The highest BCUT2D eigenvalue weighted by Crippen LogP contribution is 2.34. The van der Waals surface area contributed by atoms with Crippen molar-refractivity contribution in [2.45, 2.75) is 12.4 Å². The second kappa shape index (κ2) is 9.05. The maximum atomic E-state index is 13.0. The van der Waals surface area contributed by atoms with Crippen LogP contribution in [0.15, 0.2) is 78.9 Å². The van der Waals surface area contributed by atoms with Crippen LogP contribution in [0.3, 0.4) is 0 Å². The molecule has 0 atom stereocenters. The SMILES string of the molecule is CN(C)c1ccc(-c2cc(-c3ccc(C(F)(F)F)cc3)nc(-c3ccc(C(F)(F)F)cc3)n2)cc1. The quantitative estimate of drug-likeness (QED) is 0.278. The van der Waals surface area contributed by atoms with Crippen LogP contribution in [-0.2, 0) is 12.4 Å². The fourth-order valence-electron chi connectivity index (χ4n) is 3.44. The summed E-state index contributed by atoms with van der Waals surface area (Å²) < 4.78 is 77.9. The number of anilines is 1. The summed E-state index contributed by atoms with van der Waals surface area (Å²) in [7, 11) is 3.79. The van der Waals surface area contributed by atoms with Gasteiger partial charge in [0, 0.05) is 36.5 Å². The summed E-state index contributed by atoms with van der Waals surface area (Å²) in [5, 5.41) is 0. The Morgan fingerprint density at radius 3 is 1.29 bits per heavy atom. The molecule has 0 bridgehead atoms. The predicted molar refractivity (Wildman–Crippen MR) is 123 cm³/mol. The van der Waals surface area contributed by atoms with Gasteiger partial charge < -0.3 is 4.90 Å². The third-order valence-corrected chi connectivity index (χ3v) is 5.38. The van der Waals surface area contributed by atoms with Crippen molar-refractivity contribution >= 4 is 5.69 Å². The van der Waals surface area contributed by atoms with Crippen molar-refractivity contribution in [2.24, 2.45) is 0 Å². The Labute approximate surface area is 197 Å². The molecule has 0 aliphatic carbocycles. The van der Waals surface area contributed by atoms with E-state index in [0.717, 1.165) is 35.5 Å². The number of nitrogens with zero attached hydrogens (tertiary/aromatic N) is 3. The Morgan fingerprint density at radius 2 is 0.914 bits per heavy atom. The lowest BCUT2D eigenvalue weighted by Crippen LogP contribution is -2.08. The second-order valence-electron chi connectivity index (χ2n) is 8.05. The average Bonchev–Trinajstić information content (AvgIpc) is 2.83. The molecule has 1 heterocycles. The van der Waals surface area contributed by atoms with Crippen LogP contribution in [0.5, 0.6) is 0 Å². The molecule has 4 aromatic rings. The Morgan fingerprint density at radius 1 is 0.543 bits per heavy atom. The second-order valence-corrected chi connectivity index (χ2v) is 8.05. The number of rotatable bonds is 4. The van der Waals surface area contributed by atoms with Gasteiger partial charge in [-0.2, -0.15) is 26.3 Å². The highest BCUT2D eigenvalue weighted by atomic mass is 19.4. The lowest BCUT2D eigenvalue weighted by Gasteiger charge is -2.14. The summed E-state index contributed by atoms with van der Waals surface area (Å²) in [6.07, 6.45) is -8.96. The van der Waals surface area contributed by atoms with Crippen LogP contribution in [0.25, 0.3) is 33.9 Å². The third-order valence-electron chi connectivity index (χ3n) is 5.38. The third kappa shape index (κ3) is 5.45. The minimum Gasteiger partial charge on any atom is -0.378 e. The molecule has 3 nitrogen and oxygen atoms in total. The summed E-state index contributed by atoms with van der Waals surface area (Å²) in [5.74, 6) is 0.155. The van der Waals surface area contributed by atoms with Gasteiger partial charge in [-0.3, -0.25) is 0 Å². The van der Waals surface area contributed by atoms with Gasteiger partial charge in [0.15, 0.2) is 5.82 Å². The molecule has 180 valence electrons. The number of benzene rings is 3. The zero-order valence-corrected chi connectivity index (χ0v) is 18.6. The molecule has 0 fully saturated rings. The van der Waals surface area contributed by atoms with Gasteiger partial charge >= 0.3 is 12.4 Å². The van der Waals surface area contributed by atoms with Crippen molar-refractivity contribution in [3.63, 3.8) is 0 Å². The topological polar surface area (TPSA) is 29.0 Å². The van der Waals surface area contributed by atoms with Gasteiger partial charge in [0.2, 0.25) is 0 Å². The summed E-state index contributed by atoms with van der Waals surface area (Å²) in [4.78, 5) is 10.9. The standard InChI is InChI=1S/C26H19F6N3/c1-35(2)21-13-7-17(8-14-21)23-15-22(16-3-9-19(10-4-16)25(27,28)29)33-24(34-23)18-5-11-20(12-6-18)26(30,31)32/h3-15H,1-2H3. The molecule has 0 aliphatic heterocycles. The highest BCUT2D eigenvalue weighted by molar-refractivity contribution is 5.72. The Kier molecular flexibility index (Phi) is 6.27. The molecule has 3 aromatic carbocycles. The van der Waals surface area contributed by atoms with Crippen LogP contribution >= 0.6 is 0 Å². The van der Waals surface area contributed by atoms with Crippen LogP contribution in [0.2, 0.25) is 0 Å². The molecule has 0 aliphatic rings. The first-order valence-electron chi connectivity index (χ1n) is 10.4. The van der Waals surface area contributed by atoms with E-state index < -0.39 is 23.5 Å². The molecule has 0 amide bonds. The Hall–Kier alpha value is -3.88. The summed E-state index contributed by atoms with van der Waals surface area (Å²) in [5.41, 5.74) is 1.66. The lowest BCUT2D eigenvalue weighted by molar-refractivity contribution is -0.138. The number of alkyl halides is 6. The van der Waals surface area contributed by atoms with Crippen molar-refractivity contribution < 1.29 is 26.3 Å². The molecule has 0 radical (unpaired) electrons. The van der Waals surface area contributed by atoms with Gasteiger partial charge in [-0.05, 0) is 42.5 Å². The predicted octanol–water partition coefficient (Wildman–Crippen LogP) is 7.58. The van der Waals surface area contributed by atoms with Gasteiger partial charge in [-0.15, -0.1) is 0 Å². The molecule has 0 spiro atoms. The van der Waals surface area contributed by atoms with Gasteiger partial charge in [0.1, 0.15) is 0 Å². The zero-order chi connectivity index (χ0) is 25.4. The molecule has 9 heteroatoms. The molecule has 0 saturated heterocycles. The number of hydrogen-bond acceptors (Lipinski definition) is 3. The molecular formula is C26H19F6N3. The van der Waals surface area contributed by atoms with E-state index in [-0.39, 0.29) is 5.82 Å². The summed E-state index contributed by atoms with van der Waals surface area (Å²) in [6, 6.07) is 18.0. The van der Waals surface area contributed by atoms with Crippen molar-refractivity contribution in [3.8, 4) is 33.9 Å². The Balaban J connectivity index is 1.82. The van der Waals surface area contributed by atoms with E-state index in [1.165, 1.54) is 24.3 Å². The van der Waals surface area contributed by atoms with Crippen molar-refractivity contribution in [3.05, 3.63) is 90.0 Å². The van der Waals surface area contributed by atoms with Crippen LogP contribution in [0.4, 0.5) is 32.0 Å². The van der Waals surface area contributed by atoms with E-state index in [0.29, 0.717) is 22.5 Å². The summed E-state index contributed by atoms with van der Waals surface area (Å²) in [6.45, 7) is 0. The maximum absolute atomic E-state index is 13.0. The maximum Gasteiger partial charge on any atom is 0.416 e. The largest absolute Gasteiger partial charge is 0.416 e. The fraction of sp³-hybridized carbons (Fsp3) is 0.154. The van der Waals surface area contributed by atoms with Crippen molar-refractivity contribution in [2.75, 3.05) is 19.0 Å². The molecule has 1 aromatic heterocycles. The highest BCUT2D eigenvalue weighted by Gasteiger charge is 2.31. The minimum atomic E-state index is -4.49. The lowest BCUT2D eigenvalue weighted by atomic mass is 10.0. The van der Waals surface area contributed by atoms with Crippen LogP contribution in [0.1, 0.15) is 11.1 Å². The van der Waals surface area contributed by atoms with E-state index in [2.05, 4.69) is 9.97 Å². The van der Waals surface area contributed by atoms with Gasteiger partial charge in [-0.1, -0.05) is 36.4 Å². The minimum absolute atomic E-state index is 0.155. The van der Waals surface area contributed by atoms with E-state index in [1.54, 1.807) is 6.07 Å². The number of aromatic nitrogens is 2. The first-order valence-corrected chi connectivity index (χ1v) is 10.4. The molecule has 35 heavy (non-hydrogen) atoms. The number of halogens is 6. The van der Waals surface area contributed by atoms with Crippen molar-refractivity contribution in [1.29, 1.82) is 0 Å². The van der Waals surface area contributed by atoms with Gasteiger partial charge in [-0.25, -0.2) is 9.97 Å². The monoisotopic (exact) mass is 487 g/mol. The zero-order valence-electron chi connectivity index (χ0n) is 18.6. The van der Waals surface area contributed by atoms with Crippen molar-refractivity contribution in [1.82, 2.24) is 9.97 Å². The molecule has 0 saturated carbocycles. The first-order chi connectivity index (χ1) is 16.4. The first kappa shape index (κ1) is 24.3. The molecular weight excluding hydrogens is 468 g/mol. The summed E-state index contributed by atoms with van der Waals surface area (Å²) >= 11 is 0. The van der Waals surface area contributed by atoms with E-state index >= 15 is 0 Å². The van der Waals surface area contributed by atoms with E-state index in [4.69, 9.17) is 0 Å². The van der Waals surface area contributed by atoms with Gasteiger partial charge in [0.25, 0.3) is 0 Å². The van der Waals surface area contributed by atoms with Gasteiger partial charge in [0.05, 0.1) is 22.5 Å². The van der Waals surface area contributed by atoms with Crippen LogP contribution < -0.4 is 4.90 Å². The molecule has 0 N–H and O–H groups in total. The Bertz CT molecular complexity index is 1230. The normalized spacial score (nSPS) is 12.0. The number of hydrogen-bond donors (Lipinski definition) is 0. The molecule has 4 rings (SSSR count). The smallest absolute Gasteiger partial charge is 0.378 e. The van der Waals surface area contributed by atoms with Crippen LogP contribution in [-0.4, -0.2) is 24.1 Å². The van der Waals surface area contributed by atoms with Crippen LogP contribution in [0, 0.1) is 0 Å². The average molecular weight is 487 g/mol. The van der Waals surface area contributed by atoms with E-state index in [1.807, 2.05) is 43.3 Å². The van der Waals surface area contributed by atoms with E-state index in [9.17, 15) is 26.3 Å². The molecule has 0 unspecified atom stereocenters.